The number of aliphatic hydroxyl groups is 2. The molecule has 156 valence electrons. The predicted octanol–water partition coefficient (Wildman–Crippen LogP) is 5.26. The van der Waals surface area contributed by atoms with E-state index in [9.17, 15) is 15.3 Å². The summed E-state index contributed by atoms with van der Waals surface area (Å²) in [5.41, 5.74) is 2.87. The number of allylic oxidation sites excluding steroid dienone is 1. The van der Waals surface area contributed by atoms with Crippen LogP contribution in [-0.4, -0.2) is 28.5 Å². The van der Waals surface area contributed by atoms with Gasteiger partial charge in [-0.25, -0.2) is 0 Å². The third kappa shape index (κ3) is 6.77. The summed E-state index contributed by atoms with van der Waals surface area (Å²) in [5, 5.41) is 31.1. The van der Waals surface area contributed by atoms with Gasteiger partial charge in [0.2, 0.25) is 0 Å². The summed E-state index contributed by atoms with van der Waals surface area (Å²) in [4.78, 5) is 0. The summed E-state index contributed by atoms with van der Waals surface area (Å²) in [5.74, 6) is 0.494. The molecule has 3 atom stereocenters. The summed E-state index contributed by atoms with van der Waals surface area (Å²) >= 11 is 0. The van der Waals surface area contributed by atoms with Crippen molar-refractivity contribution in [2.24, 2.45) is 5.92 Å². The van der Waals surface area contributed by atoms with E-state index in [1.165, 1.54) is 5.57 Å². The summed E-state index contributed by atoms with van der Waals surface area (Å²) < 4.78 is 5.15. The molecule has 4 heteroatoms. The molecule has 0 amide bonds. The monoisotopic (exact) mass is 396 g/mol. The summed E-state index contributed by atoms with van der Waals surface area (Å²) in [6.07, 6.45) is 5.30. The van der Waals surface area contributed by atoms with Crippen molar-refractivity contribution in [3.05, 3.63) is 77.9 Å². The minimum atomic E-state index is -0.835. The zero-order valence-electron chi connectivity index (χ0n) is 17.3. The van der Waals surface area contributed by atoms with Crippen LogP contribution >= 0.6 is 0 Å². The normalized spacial score (nSPS) is 14.8. The first kappa shape index (κ1) is 22.7. The number of ether oxygens (including phenoxy) is 1. The molecule has 4 nitrogen and oxygen atoms in total. The van der Waals surface area contributed by atoms with Crippen LogP contribution < -0.4 is 4.74 Å². The van der Waals surface area contributed by atoms with Gasteiger partial charge >= 0.3 is 0 Å². The highest BCUT2D eigenvalue weighted by Crippen LogP contribution is 2.30. The summed E-state index contributed by atoms with van der Waals surface area (Å²) in [6, 6.07) is 14.3. The Labute approximate surface area is 173 Å². The average molecular weight is 397 g/mol. The number of rotatable bonds is 11. The largest absolute Gasteiger partial charge is 0.508 e. The zero-order chi connectivity index (χ0) is 21.2. The molecule has 0 aliphatic rings. The molecule has 2 aromatic carbocycles. The molecule has 0 saturated heterocycles. The molecular formula is C25H32O4. The van der Waals surface area contributed by atoms with Gasteiger partial charge in [0.15, 0.2) is 0 Å². The van der Waals surface area contributed by atoms with Crippen molar-refractivity contribution in [1.82, 2.24) is 0 Å². The highest BCUT2D eigenvalue weighted by molar-refractivity contribution is 5.54. The van der Waals surface area contributed by atoms with Crippen LogP contribution in [0.3, 0.4) is 0 Å². The summed E-state index contributed by atoms with van der Waals surface area (Å²) in [6.45, 7) is 5.93. The highest BCUT2D eigenvalue weighted by atomic mass is 16.5. The van der Waals surface area contributed by atoms with Crippen LogP contribution in [0.2, 0.25) is 0 Å². The molecule has 0 aliphatic carbocycles. The van der Waals surface area contributed by atoms with Crippen molar-refractivity contribution in [2.75, 3.05) is 7.11 Å². The predicted molar refractivity (Wildman–Crippen MR) is 118 cm³/mol. The summed E-state index contributed by atoms with van der Waals surface area (Å²) in [7, 11) is 1.60. The van der Waals surface area contributed by atoms with E-state index in [0.29, 0.717) is 12.8 Å². The fourth-order valence-corrected chi connectivity index (χ4v) is 3.49. The first-order valence-electron chi connectivity index (χ1n) is 10.1. The van der Waals surface area contributed by atoms with Crippen molar-refractivity contribution >= 4 is 6.08 Å². The van der Waals surface area contributed by atoms with Gasteiger partial charge in [0.1, 0.15) is 11.5 Å². The molecule has 0 aliphatic heterocycles. The number of phenolic OH excluding ortho intramolecular Hbond substituents is 1. The van der Waals surface area contributed by atoms with Gasteiger partial charge in [0, 0.05) is 5.92 Å². The second kappa shape index (κ2) is 11.4. The second-order valence-corrected chi connectivity index (χ2v) is 7.28. The molecule has 0 aromatic heterocycles. The maximum absolute atomic E-state index is 10.7. The van der Waals surface area contributed by atoms with Gasteiger partial charge in [0.05, 0.1) is 19.3 Å². The Bertz CT molecular complexity index is 795. The van der Waals surface area contributed by atoms with Gasteiger partial charge in [-0.05, 0) is 54.7 Å². The van der Waals surface area contributed by atoms with Crippen LogP contribution in [0.5, 0.6) is 11.5 Å². The van der Waals surface area contributed by atoms with Gasteiger partial charge in [-0.1, -0.05) is 55.3 Å². The van der Waals surface area contributed by atoms with E-state index in [4.69, 9.17) is 4.74 Å². The number of phenols is 1. The lowest BCUT2D eigenvalue weighted by molar-refractivity contribution is 0.0318. The molecule has 0 unspecified atom stereocenters. The first-order valence-corrected chi connectivity index (χ1v) is 10.1. The van der Waals surface area contributed by atoms with Gasteiger partial charge in [0.25, 0.3) is 0 Å². The standard InChI is InChI=1S/C25H32O4/c1-4-7-18(16-19-8-6-9-21(26)17-19)10-15-24(27)23(5-2)25(28)20-11-13-22(29-3)14-12-20/h5-6,8-9,11-14,16-17,23-28H,2,4,7,10,15H2,1,3H3/b18-16+/t23-,24-,25-/m1/s1. The third-order valence-corrected chi connectivity index (χ3v) is 5.11. The molecule has 0 spiro atoms. The van der Waals surface area contributed by atoms with E-state index in [0.717, 1.165) is 29.7 Å². The fourth-order valence-electron chi connectivity index (χ4n) is 3.49. The first-order chi connectivity index (χ1) is 14.0. The van der Waals surface area contributed by atoms with Crippen molar-refractivity contribution in [3.63, 3.8) is 0 Å². The van der Waals surface area contributed by atoms with Crippen molar-refractivity contribution in [2.45, 2.75) is 44.8 Å². The maximum Gasteiger partial charge on any atom is 0.118 e. The van der Waals surface area contributed by atoms with Gasteiger partial charge < -0.3 is 20.1 Å². The Balaban J connectivity index is 2.06. The number of hydrogen-bond donors (Lipinski definition) is 3. The van der Waals surface area contributed by atoms with E-state index in [1.807, 2.05) is 12.1 Å². The Kier molecular flexibility index (Phi) is 8.97. The van der Waals surface area contributed by atoms with Crippen molar-refractivity contribution < 1.29 is 20.1 Å². The molecule has 2 rings (SSSR count). The van der Waals surface area contributed by atoms with E-state index in [-0.39, 0.29) is 5.75 Å². The highest BCUT2D eigenvalue weighted by Gasteiger charge is 2.25. The van der Waals surface area contributed by atoms with E-state index in [1.54, 1.807) is 49.6 Å². The van der Waals surface area contributed by atoms with Crippen LogP contribution in [-0.2, 0) is 0 Å². The van der Waals surface area contributed by atoms with Gasteiger partial charge in [-0.15, -0.1) is 6.58 Å². The topological polar surface area (TPSA) is 69.9 Å². The lowest BCUT2D eigenvalue weighted by Gasteiger charge is -2.25. The third-order valence-electron chi connectivity index (χ3n) is 5.11. The van der Waals surface area contributed by atoms with E-state index in [2.05, 4.69) is 19.6 Å². The minimum Gasteiger partial charge on any atom is -0.508 e. The smallest absolute Gasteiger partial charge is 0.118 e. The quantitative estimate of drug-likeness (QED) is 0.453. The molecule has 0 bridgehead atoms. The SMILES string of the molecule is C=C[C@H]([C@H](O)CC/C(=C/c1cccc(O)c1)CCC)[C@H](O)c1ccc(OC)cc1. The fraction of sp³-hybridized carbons (Fsp3) is 0.360. The molecule has 0 heterocycles. The Morgan fingerprint density at radius 1 is 1.10 bits per heavy atom. The van der Waals surface area contributed by atoms with Crippen molar-refractivity contribution in [1.29, 1.82) is 0 Å². The van der Waals surface area contributed by atoms with Crippen molar-refractivity contribution in [3.8, 4) is 11.5 Å². The number of hydrogen-bond acceptors (Lipinski definition) is 4. The van der Waals surface area contributed by atoms with Gasteiger partial charge in [-0.2, -0.15) is 0 Å². The van der Waals surface area contributed by atoms with Crippen LogP contribution in [0.15, 0.2) is 66.8 Å². The van der Waals surface area contributed by atoms with E-state index >= 15 is 0 Å². The van der Waals surface area contributed by atoms with Gasteiger partial charge in [-0.3, -0.25) is 0 Å². The number of aliphatic hydroxyl groups excluding tert-OH is 2. The number of benzene rings is 2. The maximum atomic E-state index is 10.7. The van der Waals surface area contributed by atoms with Crippen LogP contribution in [0.4, 0.5) is 0 Å². The molecule has 0 radical (unpaired) electrons. The van der Waals surface area contributed by atoms with Crippen LogP contribution in [0.1, 0.15) is 49.8 Å². The lowest BCUT2D eigenvalue weighted by Crippen LogP contribution is -2.25. The lowest BCUT2D eigenvalue weighted by atomic mass is 9.87. The Morgan fingerprint density at radius 3 is 2.41 bits per heavy atom. The Morgan fingerprint density at radius 2 is 1.83 bits per heavy atom. The second-order valence-electron chi connectivity index (χ2n) is 7.28. The molecule has 0 saturated carbocycles. The molecular weight excluding hydrogens is 364 g/mol. The van der Waals surface area contributed by atoms with E-state index < -0.39 is 18.1 Å². The van der Waals surface area contributed by atoms with Crippen LogP contribution in [0, 0.1) is 5.92 Å². The number of methoxy groups -OCH3 is 1. The Hall–Kier alpha value is -2.56. The zero-order valence-corrected chi connectivity index (χ0v) is 17.3. The van der Waals surface area contributed by atoms with Crippen LogP contribution in [0.25, 0.3) is 6.08 Å². The average Bonchev–Trinajstić information content (AvgIpc) is 2.72. The molecule has 3 N–H and O–H groups in total. The minimum absolute atomic E-state index is 0.240. The molecule has 2 aromatic rings. The number of aromatic hydroxyl groups is 1. The molecule has 29 heavy (non-hydrogen) atoms. The molecule has 0 fully saturated rings.